The predicted octanol–water partition coefficient (Wildman–Crippen LogP) is 7.45. The Hall–Kier alpha value is -0.120. The second-order valence-electron chi connectivity index (χ2n) is 18.5. The molecule has 0 radical (unpaired) electrons. The van der Waals surface area contributed by atoms with E-state index in [0.717, 1.165) is 23.8 Å². The van der Waals surface area contributed by atoms with Crippen LogP contribution < -0.4 is 5.32 Å². The van der Waals surface area contributed by atoms with E-state index >= 15 is 0 Å². The van der Waals surface area contributed by atoms with Crippen LogP contribution in [0.2, 0.25) is 0 Å². The molecule has 2 saturated heterocycles. The lowest BCUT2D eigenvalue weighted by atomic mass is 9.70. The van der Waals surface area contributed by atoms with E-state index in [1.165, 1.54) is 19.4 Å². The first-order valence-corrected chi connectivity index (χ1v) is 15.3. The van der Waals surface area contributed by atoms with Crippen LogP contribution in [0.4, 0.5) is 0 Å². The number of piperidine rings is 2. The SMILES string of the molecule is CC(C)CC1[C@@H](C(C)(C)C)N(C(C)(C)C)C2C(NCC3[C@@H](C(C)(C)C)N(C(C)(C)C)C4CC34C)C12C. The van der Waals surface area contributed by atoms with Gasteiger partial charge in [0.05, 0.1) is 0 Å². The third-order valence-electron chi connectivity index (χ3n) is 11.0. The Bertz CT molecular complexity index is 833. The molecule has 210 valence electrons. The number of fused-ring (bicyclic) bond motifs is 2. The zero-order valence-corrected chi connectivity index (χ0v) is 27.1. The molecule has 0 spiro atoms. The summed E-state index contributed by atoms with van der Waals surface area (Å²) in [6.45, 7) is 40.9. The molecule has 36 heavy (non-hydrogen) atoms. The molecule has 2 saturated carbocycles. The molecule has 3 heteroatoms. The first-order valence-electron chi connectivity index (χ1n) is 15.3. The van der Waals surface area contributed by atoms with E-state index in [0.29, 0.717) is 40.4 Å². The molecule has 0 aromatic rings. The summed E-state index contributed by atoms with van der Waals surface area (Å²) >= 11 is 0. The zero-order chi connectivity index (χ0) is 27.6. The normalized spacial score (nSPS) is 43.8. The highest BCUT2D eigenvalue weighted by Crippen LogP contribution is 2.69. The van der Waals surface area contributed by atoms with Crippen LogP contribution >= 0.6 is 0 Å². The highest BCUT2D eigenvalue weighted by Gasteiger charge is 2.77. The van der Waals surface area contributed by atoms with Gasteiger partial charge in [0.25, 0.3) is 0 Å². The summed E-state index contributed by atoms with van der Waals surface area (Å²) in [5, 5.41) is 4.31. The molecule has 0 aromatic heterocycles. The topological polar surface area (TPSA) is 18.5 Å². The molecular weight excluding hydrogens is 438 g/mol. The van der Waals surface area contributed by atoms with Crippen LogP contribution in [0.3, 0.4) is 0 Å². The van der Waals surface area contributed by atoms with Gasteiger partial charge in [-0.2, -0.15) is 0 Å². The van der Waals surface area contributed by atoms with Crippen LogP contribution in [0.1, 0.15) is 124 Å². The van der Waals surface area contributed by atoms with Gasteiger partial charge in [-0.05, 0) is 88.4 Å². The van der Waals surface area contributed by atoms with Crippen LogP contribution in [0.5, 0.6) is 0 Å². The van der Waals surface area contributed by atoms with Crippen molar-refractivity contribution in [3.63, 3.8) is 0 Å². The molecule has 3 nitrogen and oxygen atoms in total. The molecule has 0 aromatic carbocycles. The Labute approximate surface area is 225 Å². The van der Waals surface area contributed by atoms with Crippen molar-refractivity contribution < 1.29 is 0 Å². The van der Waals surface area contributed by atoms with Crippen LogP contribution in [0.15, 0.2) is 0 Å². The Morgan fingerprint density at radius 3 is 1.64 bits per heavy atom. The van der Waals surface area contributed by atoms with Gasteiger partial charge >= 0.3 is 0 Å². The average Bonchev–Trinajstić information content (AvgIpc) is 3.39. The lowest BCUT2D eigenvalue weighted by molar-refractivity contribution is -0.00201. The summed E-state index contributed by atoms with van der Waals surface area (Å²) in [5.41, 5.74) is 1.83. The van der Waals surface area contributed by atoms with E-state index in [2.05, 4.69) is 126 Å². The monoisotopic (exact) mass is 502 g/mol. The van der Waals surface area contributed by atoms with E-state index < -0.39 is 0 Å². The number of nitrogens with one attached hydrogen (secondary N) is 1. The van der Waals surface area contributed by atoms with Gasteiger partial charge in [-0.1, -0.05) is 69.2 Å². The quantitative estimate of drug-likeness (QED) is 0.422. The first-order chi connectivity index (χ1) is 16.0. The van der Waals surface area contributed by atoms with E-state index in [1.54, 1.807) is 0 Å². The molecule has 0 bridgehead atoms. The summed E-state index contributed by atoms with van der Waals surface area (Å²) in [4.78, 5) is 5.89. The van der Waals surface area contributed by atoms with Crippen molar-refractivity contribution in [1.82, 2.24) is 15.1 Å². The summed E-state index contributed by atoms with van der Waals surface area (Å²) in [5.74, 6) is 2.21. The molecule has 9 atom stereocenters. The van der Waals surface area contributed by atoms with Crippen molar-refractivity contribution in [2.45, 2.75) is 165 Å². The Morgan fingerprint density at radius 2 is 1.22 bits per heavy atom. The highest BCUT2D eigenvalue weighted by atomic mass is 15.4. The Kier molecular flexibility index (Phi) is 6.58. The van der Waals surface area contributed by atoms with Crippen molar-refractivity contribution in [3.05, 3.63) is 0 Å². The van der Waals surface area contributed by atoms with Gasteiger partial charge in [0.1, 0.15) is 0 Å². The molecule has 0 amide bonds. The van der Waals surface area contributed by atoms with Gasteiger partial charge in [0.2, 0.25) is 0 Å². The maximum Gasteiger partial charge on any atom is 0.0336 e. The van der Waals surface area contributed by atoms with E-state index in [1.807, 2.05) is 0 Å². The highest BCUT2D eigenvalue weighted by molar-refractivity contribution is 5.32. The molecule has 1 N–H and O–H groups in total. The molecule has 7 unspecified atom stereocenters. The number of hydrogen-bond acceptors (Lipinski definition) is 3. The minimum atomic E-state index is 0.184. The van der Waals surface area contributed by atoms with Crippen molar-refractivity contribution in [2.75, 3.05) is 6.54 Å². The van der Waals surface area contributed by atoms with Gasteiger partial charge in [-0.15, -0.1) is 0 Å². The largest absolute Gasteiger partial charge is 0.311 e. The molecule has 2 heterocycles. The second-order valence-corrected chi connectivity index (χ2v) is 18.5. The Balaban J connectivity index is 1.62. The molecule has 4 aliphatic rings. The van der Waals surface area contributed by atoms with Crippen molar-refractivity contribution in [1.29, 1.82) is 0 Å². The second kappa shape index (κ2) is 8.20. The van der Waals surface area contributed by atoms with Gasteiger partial charge in [0.15, 0.2) is 0 Å². The van der Waals surface area contributed by atoms with Gasteiger partial charge in [-0.25, -0.2) is 0 Å². The molecule has 2 aliphatic carbocycles. The minimum Gasteiger partial charge on any atom is -0.311 e. The minimum absolute atomic E-state index is 0.184. The summed E-state index contributed by atoms with van der Waals surface area (Å²) < 4.78 is 0. The summed E-state index contributed by atoms with van der Waals surface area (Å²) in [6.07, 6.45) is 2.72. The van der Waals surface area contributed by atoms with Crippen molar-refractivity contribution in [3.8, 4) is 0 Å². The number of likely N-dealkylation sites (tertiary alicyclic amines) is 2. The summed E-state index contributed by atoms with van der Waals surface area (Å²) in [6, 6.07) is 3.30. The smallest absolute Gasteiger partial charge is 0.0336 e. The van der Waals surface area contributed by atoms with E-state index in [-0.39, 0.29) is 16.5 Å². The standard InChI is InChI=1S/C33H63N3/c1-20(2)17-21-25(28(3,4)5)36(31(12,13)14)27-24(33(21,27)16)34-19-22-26(29(6,7)8)35(30(9,10)11)23-18-32(22,23)15/h20-27,34H,17-19H2,1-16H3/t21?,22?,23?,24?,25-,26-,27?,32?,33?/m0/s1. The van der Waals surface area contributed by atoms with Crippen LogP contribution in [-0.4, -0.2) is 57.6 Å². The number of nitrogens with zero attached hydrogens (tertiary/aromatic N) is 2. The van der Waals surface area contributed by atoms with Crippen molar-refractivity contribution in [2.24, 2.45) is 39.4 Å². The molecule has 4 fully saturated rings. The number of rotatable bonds is 5. The maximum absolute atomic E-state index is 4.31. The Morgan fingerprint density at radius 1 is 0.750 bits per heavy atom. The van der Waals surface area contributed by atoms with E-state index in [9.17, 15) is 0 Å². The van der Waals surface area contributed by atoms with Crippen LogP contribution in [-0.2, 0) is 0 Å². The first kappa shape index (κ1) is 28.9. The predicted molar refractivity (Wildman–Crippen MR) is 156 cm³/mol. The summed E-state index contributed by atoms with van der Waals surface area (Å²) in [7, 11) is 0. The molecular formula is C33H63N3. The zero-order valence-electron chi connectivity index (χ0n) is 27.1. The van der Waals surface area contributed by atoms with Crippen LogP contribution in [0.25, 0.3) is 0 Å². The number of hydrogen-bond donors (Lipinski definition) is 1. The van der Waals surface area contributed by atoms with Gasteiger partial charge < -0.3 is 5.32 Å². The van der Waals surface area contributed by atoms with Crippen molar-refractivity contribution >= 4 is 0 Å². The average molecular weight is 502 g/mol. The lowest BCUT2D eigenvalue weighted by Crippen LogP contribution is -2.58. The fraction of sp³-hybridized carbons (Fsp3) is 1.00. The van der Waals surface area contributed by atoms with Crippen LogP contribution in [0, 0.1) is 39.4 Å². The third kappa shape index (κ3) is 4.34. The fourth-order valence-corrected chi connectivity index (χ4v) is 9.63. The third-order valence-corrected chi connectivity index (χ3v) is 11.0. The fourth-order valence-electron chi connectivity index (χ4n) is 9.63. The lowest BCUT2D eigenvalue weighted by Gasteiger charge is -2.49. The maximum atomic E-state index is 4.31. The van der Waals surface area contributed by atoms with Gasteiger partial charge in [0, 0.05) is 53.2 Å². The van der Waals surface area contributed by atoms with Gasteiger partial charge in [-0.3, -0.25) is 9.80 Å². The van der Waals surface area contributed by atoms with E-state index in [4.69, 9.17) is 0 Å². The molecule has 2 aliphatic heterocycles. The molecule has 4 rings (SSSR count).